The van der Waals surface area contributed by atoms with Gasteiger partial charge in [0, 0.05) is 38.1 Å². The van der Waals surface area contributed by atoms with Crippen molar-refractivity contribution in [2.24, 2.45) is 5.41 Å². The van der Waals surface area contributed by atoms with Gasteiger partial charge in [-0.3, -0.25) is 34.3 Å². The van der Waals surface area contributed by atoms with E-state index >= 15 is 0 Å². The van der Waals surface area contributed by atoms with Crippen molar-refractivity contribution in [2.45, 2.75) is 44.7 Å². The van der Waals surface area contributed by atoms with Crippen LogP contribution in [0.2, 0.25) is 0 Å². The minimum atomic E-state index is -1.01. The van der Waals surface area contributed by atoms with Gasteiger partial charge in [0.25, 0.3) is 11.8 Å². The number of carbonyl (C=O) groups excluding carboxylic acids is 4. The number of rotatable bonds is 6. The van der Waals surface area contributed by atoms with Crippen molar-refractivity contribution in [1.29, 1.82) is 0 Å². The van der Waals surface area contributed by atoms with Crippen molar-refractivity contribution in [3.63, 3.8) is 0 Å². The number of amides is 4. The summed E-state index contributed by atoms with van der Waals surface area (Å²) in [7, 11) is 0. The molecule has 0 aliphatic carbocycles. The van der Waals surface area contributed by atoms with Gasteiger partial charge in [0.05, 0.1) is 17.7 Å². The van der Waals surface area contributed by atoms with Crippen molar-refractivity contribution < 1.29 is 28.3 Å². The predicted molar refractivity (Wildman–Crippen MR) is 130 cm³/mol. The first-order valence-corrected chi connectivity index (χ1v) is 12.7. The van der Waals surface area contributed by atoms with Gasteiger partial charge in [-0.15, -0.1) is 0 Å². The summed E-state index contributed by atoms with van der Waals surface area (Å²) in [4.78, 5) is 53.4. The van der Waals surface area contributed by atoms with E-state index in [1.807, 2.05) is 6.07 Å². The van der Waals surface area contributed by atoms with Gasteiger partial charge in [-0.05, 0) is 54.5 Å². The predicted octanol–water partition coefficient (Wildman–Crippen LogP) is 2.23. The molecule has 4 aliphatic heterocycles. The van der Waals surface area contributed by atoms with E-state index in [4.69, 9.17) is 4.74 Å². The summed E-state index contributed by atoms with van der Waals surface area (Å²) in [6.07, 6.45) is 2.01. The third-order valence-corrected chi connectivity index (χ3v) is 8.04. The Labute approximate surface area is 213 Å². The fourth-order valence-corrected chi connectivity index (χ4v) is 6.13. The molecule has 1 N–H and O–H groups in total. The highest BCUT2D eigenvalue weighted by Crippen LogP contribution is 2.39. The maximum atomic E-state index is 15.0. The number of nitrogens with zero attached hydrogens (tertiary/aromatic N) is 2. The Morgan fingerprint density at radius 1 is 1.03 bits per heavy atom. The van der Waals surface area contributed by atoms with Crippen molar-refractivity contribution in [3.8, 4) is 0 Å². The summed E-state index contributed by atoms with van der Waals surface area (Å²) in [6, 6.07) is 9.34. The number of hydrogen-bond donors (Lipinski definition) is 1. The number of benzene rings is 2. The SMILES string of the molecule is O=C1CCC(N2C(=O)c3cccc(CCc4ccc(CN5CC6(CCOC6)C5)cc4F)c3C2=O)C(=O)N1. The Hall–Kier alpha value is -3.43. The van der Waals surface area contributed by atoms with Gasteiger partial charge in [-0.25, -0.2) is 4.39 Å². The van der Waals surface area contributed by atoms with E-state index in [-0.39, 0.29) is 29.8 Å². The molecule has 0 bridgehead atoms. The standard InChI is InChI=1S/C28H28FN3O5/c29-21-12-17(13-31-14-28(15-31)10-11-37-16-28)4-5-18(21)6-7-19-2-1-3-20-24(19)27(36)32(26(20)35)22-8-9-23(33)30-25(22)34/h1-5,12,22H,6-11,13-16H2,(H,30,33,34). The second kappa shape index (κ2) is 9.15. The lowest BCUT2D eigenvalue weighted by Gasteiger charge is -2.47. The molecule has 192 valence electrons. The van der Waals surface area contributed by atoms with Gasteiger partial charge < -0.3 is 4.74 Å². The van der Waals surface area contributed by atoms with E-state index in [0.29, 0.717) is 35.9 Å². The third-order valence-electron chi connectivity index (χ3n) is 8.04. The van der Waals surface area contributed by atoms with Crippen molar-refractivity contribution in [2.75, 3.05) is 26.3 Å². The largest absolute Gasteiger partial charge is 0.381 e. The molecule has 4 amide bonds. The fourth-order valence-electron chi connectivity index (χ4n) is 6.13. The molecule has 8 nitrogen and oxygen atoms in total. The van der Waals surface area contributed by atoms with Crippen molar-refractivity contribution in [1.82, 2.24) is 15.1 Å². The highest BCUT2D eigenvalue weighted by molar-refractivity contribution is 6.24. The highest BCUT2D eigenvalue weighted by Gasteiger charge is 2.46. The quantitative estimate of drug-likeness (QED) is 0.605. The molecular weight excluding hydrogens is 477 g/mol. The third kappa shape index (κ3) is 4.26. The van der Waals surface area contributed by atoms with Crippen LogP contribution in [0.1, 0.15) is 56.7 Å². The number of fused-ring (bicyclic) bond motifs is 1. The number of carbonyl (C=O) groups is 4. The van der Waals surface area contributed by atoms with Crippen LogP contribution in [-0.4, -0.2) is 65.8 Å². The van der Waals surface area contributed by atoms with Crippen LogP contribution in [0, 0.1) is 11.2 Å². The number of imide groups is 2. The number of halogens is 1. The number of ether oxygens (including phenoxy) is 1. The van der Waals surface area contributed by atoms with Crippen LogP contribution in [0.25, 0.3) is 0 Å². The van der Waals surface area contributed by atoms with Crippen LogP contribution in [0.5, 0.6) is 0 Å². The van der Waals surface area contributed by atoms with Gasteiger partial charge in [0.2, 0.25) is 11.8 Å². The zero-order chi connectivity index (χ0) is 25.7. The first-order chi connectivity index (χ1) is 17.8. The number of nitrogens with one attached hydrogen (secondary N) is 1. The molecule has 4 aliphatic rings. The molecule has 1 spiro atoms. The monoisotopic (exact) mass is 505 g/mol. The van der Waals surface area contributed by atoms with Crippen molar-refractivity contribution in [3.05, 3.63) is 70.0 Å². The average molecular weight is 506 g/mol. The molecule has 6 rings (SSSR count). The minimum Gasteiger partial charge on any atom is -0.381 e. The van der Waals surface area contributed by atoms with E-state index in [2.05, 4.69) is 10.2 Å². The number of likely N-dealkylation sites (tertiary alicyclic amines) is 1. The molecule has 9 heteroatoms. The van der Waals surface area contributed by atoms with E-state index in [1.165, 1.54) is 0 Å². The molecule has 1 atom stereocenters. The van der Waals surface area contributed by atoms with Gasteiger partial charge >= 0.3 is 0 Å². The van der Waals surface area contributed by atoms with Crippen LogP contribution < -0.4 is 5.32 Å². The lowest BCUT2D eigenvalue weighted by Crippen LogP contribution is -2.56. The highest BCUT2D eigenvalue weighted by atomic mass is 19.1. The Bertz CT molecular complexity index is 1310. The maximum Gasteiger partial charge on any atom is 0.262 e. The molecule has 3 fully saturated rings. The summed E-state index contributed by atoms with van der Waals surface area (Å²) in [5.41, 5.74) is 2.90. The summed E-state index contributed by atoms with van der Waals surface area (Å²) in [5, 5.41) is 2.20. The molecule has 2 aromatic carbocycles. The zero-order valence-corrected chi connectivity index (χ0v) is 20.4. The fraction of sp³-hybridized carbons (Fsp3) is 0.429. The molecule has 1 unspecified atom stereocenters. The molecule has 2 aromatic rings. The lowest BCUT2D eigenvalue weighted by molar-refractivity contribution is -0.136. The smallest absolute Gasteiger partial charge is 0.262 e. The van der Waals surface area contributed by atoms with Gasteiger partial charge in [0.1, 0.15) is 11.9 Å². The Morgan fingerprint density at radius 3 is 2.57 bits per heavy atom. The lowest BCUT2D eigenvalue weighted by atomic mass is 9.79. The van der Waals surface area contributed by atoms with Gasteiger partial charge in [-0.2, -0.15) is 0 Å². The molecule has 0 saturated carbocycles. The van der Waals surface area contributed by atoms with E-state index < -0.39 is 29.7 Å². The molecule has 0 radical (unpaired) electrons. The Morgan fingerprint density at radius 2 is 1.84 bits per heavy atom. The van der Waals surface area contributed by atoms with E-state index in [1.54, 1.807) is 30.3 Å². The minimum absolute atomic E-state index is 0.0684. The van der Waals surface area contributed by atoms with Crippen molar-refractivity contribution >= 4 is 23.6 Å². The van der Waals surface area contributed by atoms with Gasteiger partial charge in [-0.1, -0.05) is 24.3 Å². The topological polar surface area (TPSA) is 96.0 Å². The molecule has 3 saturated heterocycles. The Kier molecular flexibility index (Phi) is 5.92. The van der Waals surface area contributed by atoms with Crippen LogP contribution in [0.15, 0.2) is 36.4 Å². The van der Waals surface area contributed by atoms with Crippen LogP contribution in [0.3, 0.4) is 0 Å². The zero-order valence-electron chi connectivity index (χ0n) is 20.4. The first-order valence-electron chi connectivity index (χ1n) is 12.7. The summed E-state index contributed by atoms with van der Waals surface area (Å²) < 4.78 is 20.5. The van der Waals surface area contributed by atoms with Crippen LogP contribution >= 0.6 is 0 Å². The van der Waals surface area contributed by atoms with Gasteiger partial charge in [0.15, 0.2) is 0 Å². The molecular formula is C28H28FN3O5. The molecule has 0 aromatic heterocycles. The second-order valence-electron chi connectivity index (χ2n) is 10.7. The molecule has 4 heterocycles. The normalized spacial score (nSPS) is 22.9. The summed E-state index contributed by atoms with van der Waals surface area (Å²) in [6.45, 7) is 4.32. The maximum absolute atomic E-state index is 15.0. The number of aryl methyl sites for hydroxylation is 2. The van der Waals surface area contributed by atoms with Crippen LogP contribution in [0.4, 0.5) is 4.39 Å². The summed E-state index contributed by atoms with van der Waals surface area (Å²) >= 11 is 0. The second-order valence-corrected chi connectivity index (χ2v) is 10.7. The Balaban J connectivity index is 1.13. The number of hydrogen-bond acceptors (Lipinski definition) is 6. The summed E-state index contributed by atoms with van der Waals surface area (Å²) in [5.74, 6) is -2.41. The van der Waals surface area contributed by atoms with E-state index in [0.717, 1.165) is 43.2 Å². The average Bonchev–Trinajstić information content (AvgIpc) is 3.43. The van der Waals surface area contributed by atoms with Crippen LogP contribution in [-0.2, 0) is 33.7 Å². The number of piperidine rings is 1. The van der Waals surface area contributed by atoms with E-state index in [9.17, 15) is 23.6 Å². The first kappa shape index (κ1) is 23.9. The molecule has 37 heavy (non-hydrogen) atoms.